The summed E-state index contributed by atoms with van der Waals surface area (Å²) in [6.45, 7) is 5.73. The molecule has 2 rings (SSSR count). The molecule has 0 unspecified atom stereocenters. The quantitative estimate of drug-likeness (QED) is 0.216. The molecule has 0 spiro atoms. The minimum absolute atomic E-state index is 0.0886. The molecular weight excluding hydrogens is 384 g/mol. The maximum atomic E-state index is 12.7. The number of ether oxygens (including phenoxy) is 3. The minimum Gasteiger partial charge on any atom is -0.485 e. The minimum atomic E-state index is -0.447. The number of para-hydroxylation sites is 1. The Morgan fingerprint density at radius 3 is 2.33 bits per heavy atom. The van der Waals surface area contributed by atoms with E-state index in [1.54, 1.807) is 55.5 Å². The van der Waals surface area contributed by atoms with E-state index >= 15 is 0 Å². The second kappa shape index (κ2) is 12.3. The second-order valence-electron chi connectivity index (χ2n) is 6.65. The first kappa shape index (κ1) is 23.0. The van der Waals surface area contributed by atoms with Gasteiger partial charge in [0.1, 0.15) is 19.0 Å². The van der Waals surface area contributed by atoms with E-state index in [1.165, 1.54) is 0 Å². The molecule has 0 aromatic heterocycles. The number of benzene rings is 2. The van der Waals surface area contributed by atoms with Gasteiger partial charge in [-0.15, -0.1) is 0 Å². The fourth-order valence-corrected chi connectivity index (χ4v) is 2.55. The highest BCUT2D eigenvalue weighted by Crippen LogP contribution is 2.21. The lowest BCUT2D eigenvalue weighted by molar-refractivity contribution is -0.140. The van der Waals surface area contributed by atoms with E-state index in [1.807, 2.05) is 6.07 Å². The van der Waals surface area contributed by atoms with E-state index in [-0.39, 0.29) is 31.4 Å². The predicted molar refractivity (Wildman–Crippen MR) is 113 cm³/mol. The standard InChI is InChI=1S/C24H26O6/c1-18(2)24(27)29-16-15-28-14-8-11-20(25)17-30-22-13-7-6-12-21(22)23(26)19-9-4-3-5-10-19/h3-7,9-10,12-13H,1,8,11,14-17H2,2H3. The van der Waals surface area contributed by atoms with Gasteiger partial charge in [0.25, 0.3) is 0 Å². The Kier molecular flexibility index (Phi) is 9.48. The van der Waals surface area contributed by atoms with Gasteiger partial charge in [0.2, 0.25) is 0 Å². The van der Waals surface area contributed by atoms with Gasteiger partial charge in [-0.3, -0.25) is 9.59 Å². The van der Waals surface area contributed by atoms with Crippen LogP contribution in [0.2, 0.25) is 0 Å². The van der Waals surface area contributed by atoms with Crippen molar-refractivity contribution < 1.29 is 28.6 Å². The Bertz CT molecular complexity index is 872. The van der Waals surface area contributed by atoms with Crippen LogP contribution in [0.1, 0.15) is 35.7 Å². The highest BCUT2D eigenvalue weighted by molar-refractivity contribution is 6.10. The van der Waals surface area contributed by atoms with Crippen molar-refractivity contribution in [3.8, 4) is 5.75 Å². The Morgan fingerprint density at radius 1 is 0.900 bits per heavy atom. The van der Waals surface area contributed by atoms with Crippen molar-refractivity contribution in [2.45, 2.75) is 19.8 Å². The van der Waals surface area contributed by atoms with Crippen LogP contribution in [0.25, 0.3) is 0 Å². The molecule has 0 fully saturated rings. The molecule has 0 N–H and O–H groups in total. The molecule has 0 saturated carbocycles. The van der Waals surface area contributed by atoms with Crippen LogP contribution in [0.3, 0.4) is 0 Å². The summed E-state index contributed by atoms with van der Waals surface area (Å²) in [6.07, 6.45) is 0.821. The summed E-state index contributed by atoms with van der Waals surface area (Å²) >= 11 is 0. The largest absolute Gasteiger partial charge is 0.485 e. The molecule has 30 heavy (non-hydrogen) atoms. The van der Waals surface area contributed by atoms with Crippen molar-refractivity contribution >= 4 is 17.5 Å². The maximum Gasteiger partial charge on any atom is 0.333 e. The lowest BCUT2D eigenvalue weighted by atomic mass is 10.0. The van der Waals surface area contributed by atoms with Crippen LogP contribution in [0.5, 0.6) is 5.75 Å². The van der Waals surface area contributed by atoms with Crippen LogP contribution >= 0.6 is 0 Å². The summed E-state index contributed by atoms with van der Waals surface area (Å²) in [5.41, 5.74) is 1.32. The van der Waals surface area contributed by atoms with E-state index < -0.39 is 5.97 Å². The fraction of sp³-hybridized carbons (Fsp3) is 0.292. The van der Waals surface area contributed by atoms with E-state index in [0.29, 0.717) is 41.9 Å². The van der Waals surface area contributed by atoms with Gasteiger partial charge in [0, 0.05) is 24.2 Å². The average molecular weight is 410 g/mol. The van der Waals surface area contributed by atoms with Crippen molar-refractivity contribution in [1.29, 1.82) is 0 Å². The van der Waals surface area contributed by atoms with Gasteiger partial charge >= 0.3 is 5.97 Å². The Labute approximate surface area is 176 Å². The SMILES string of the molecule is C=C(C)C(=O)OCCOCCCC(=O)COc1ccccc1C(=O)c1ccccc1. The third kappa shape index (κ3) is 7.64. The monoisotopic (exact) mass is 410 g/mol. The lowest BCUT2D eigenvalue weighted by Crippen LogP contribution is -2.15. The number of carbonyl (C=O) groups is 3. The van der Waals surface area contributed by atoms with Crippen LogP contribution in [-0.4, -0.2) is 44.0 Å². The summed E-state index contributed by atoms with van der Waals surface area (Å²) < 4.78 is 15.8. The predicted octanol–water partition coefficient (Wildman–Crippen LogP) is 3.78. The molecular formula is C24H26O6. The number of esters is 1. The molecule has 0 aliphatic heterocycles. The molecule has 0 atom stereocenters. The molecule has 0 radical (unpaired) electrons. The molecule has 0 amide bonds. The van der Waals surface area contributed by atoms with Crippen LogP contribution in [0, 0.1) is 0 Å². The molecule has 0 aliphatic rings. The summed E-state index contributed by atoms with van der Waals surface area (Å²) in [5.74, 6) is -0.305. The number of hydrogen-bond acceptors (Lipinski definition) is 6. The first-order chi connectivity index (χ1) is 14.5. The van der Waals surface area contributed by atoms with E-state index in [2.05, 4.69) is 6.58 Å². The average Bonchev–Trinajstić information content (AvgIpc) is 2.77. The molecule has 0 aliphatic carbocycles. The van der Waals surface area contributed by atoms with Crippen LogP contribution in [0.15, 0.2) is 66.7 Å². The zero-order valence-electron chi connectivity index (χ0n) is 17.1. The van der Waals surface area contributed by atoms with E-state index in [4.69, 9.17) is 14.2 Å². The van der Waals surface area contributed by atoms with Gasteiger partial charge in [-0.25, -0.2) is 4.79 Å². The van der Waals surface area contributed by atoms with Gasteiger partial charge < -0.3 is 14.2 Å². The molecule has 0 saturated heterocycles. The number of ketones is 2. The summed E-state index contributed by atoms with van der Waals surface area (Å²) in [7, 11) is 0. The van der Waals surface area contributed by atoms with Crippen LogP contribution in [-0.2, 0) is 19.1 Å². The first-order valence-corrected chi connectivity index (χ1v) is 9.72. The third-order valence-electron chi connectivity index (χ3n) is 4.11. The van der Waals surface area contributed by atoms with Crippen LogP contribution < -0.4 is 4.74 Å². The van der Waals surface area contributed by atoms with E-state index in [0.717, 1.165) is 0 Å². The number of carbonyl (C=O) groups excluding carboxylic acids is 3. The molecule has 0 heterocycles. The highest BCUT2D eigenvalue weighted by Gasteiger charge is 2.15. The molecule has 0 bridgehead atoms. The Hall–Kier alpha value is -3.25. The van der Waals surface area contributed by atoms with Gasteiger partial charge in [-0.2, -0.15) is 0 Å². The van der Waals surface area contributed by atoms with Crippen molar-refractivity contribution in [1.82, 2.24) is 0 Å². The number of Topliss-reactive ketones (excluding diaryl/α,β-unsaturated/α-hetero) is 1. The smallest absolute Gasteiger partial charge is 0.333 e. The number of rotatable bonds is 13. The van der Waals surface area contributed by atoms with Gasteiger partial charge in [0.15, 0.2) is 11.6 Å². The van der Waals surface area contributed by atoms with E-state index in [9.17, 15) is 14.4 Å². The Morgan fingerprint density at radius 2 is 1.60 bits per heavy atom. The molecule has 6 nitrogen and oxygen atoms in total. The van der Waals surface area contributed by atoms with Crippen molar-refractivity contribution in [3.05, 3.63) is 77.9 Å². The topological polar surface area (TPSA) is 78.9 Å². The first-order valence-electron chi connectivity index (χ1n) is 9.72. The number of hydrogen-bond donors (Lipinski definition) is 0. The maximum absolute atomic E-state index is 12.7. The normalized spacial score (nSPS) is 10.3. The van der Waals surface area contributed by atoms with Crippen LogP contribution in [0.4, 0.5) is 0 Å². The zero-order valence-corrected chi connectivity index (χ0v) is 17.1. The zero-order chi connectivity index (χ0) is 21.8. The van der Waals surface area contributed by atoms with Gasteiger partial charge in [-0.05, 0) is 25.5 Å². The Balaban J connectivity index is 1.71. The third-order valence-corrected chi connectivity index (χ3v) is 4.11. The lowest BCUT2D eigenvalue weighted by Gasteiger charge is -2.10. The van der Waals surface area contributed by atoms with Crippen molar-refractivity contribution in [3.63, 3.8) is 0 Å². The summed E-state index contributed by atoms with van der Waals surface area (Å²) in [4.78, 5) is 35.9. The van der Waals surface area contributed by atoms with Gasteiger partial charge in [-0.1, -0.05) is 49.0 Å². The van der Waals surface area contributed by atoms with Crippen molar-refractivity contribution in [2.75, 3.05) is 26.4 Å². The second-order valence-corrected chi connectivity index (χ2v) is 6.65. The fourth-order valence-electron chi connectivity index (χ4n) is 2.55. The van der Waals surface area contributed by atoms with Crippen molar-refractivity contribution in [2.24, 2.45) is 0 Å². The molecule has 158 valence electrons. The van der Waals surface area contributed by atoms with Gasteiger partial charge in [0.05, 0.1) is 12.2 Å². The molecule has 6 heteroatoms. The summed E-state index contributed by atoms with van der Waals surface area (Å²) in [5, 5.41) is 0. The highest BCUT2D eigenvalue weighted by atomic mass is 16.6. The molecule has 2 aromatic carbocycles. The summed E-state index contributed by atoms with van der Waals surface area (Å²) in [6, 6.07) is 15.8. The molecule has 2 aromatic rings.